The number of ketones is 1. The zero-order valence-electron chi connectivity index (χ0n) is 21.4. The topological polar surface area (TPSA) is 81.0 Å². The number of carbonyl (C=O) groups excluding carboxylic acids is 2. The zero-order chi connectivity index (χ0) is 26.4. The van der Waals surface area contributed by atoms with Crippen LogP contribution in [0.2, 0.25) is 0 Å². The Morgan fingerprint density at radius 3 is 2.24 bits per heavy atom. The summed E-state index contributed by atoms with van der Waals surface area (Å²) in [7, 11) is 4.94. The van der Waals surface area contributed by atoms with E-state index in [1.165, 1.54) is 19.1 Å². The van der Waals surface area contributed by atoms with E-state index in [0.717, 1.165) is 27.6 Å². The van der Waals surface area contributed by atoms with Crippen LogP contribution in [0.4, 0.5) is 5.69 Å². The first-order valence-electron chi connectivity index (χ1n) is 11.9. The molecule has 4 aromatic rings. The van der Waals surface area contributed by atoms with Crippen molar-refractivity contribution in [2.75, 3.05) is 19.1 Å². The number of methoxy groups -OCH3 is 2. The molecule has 0 radical (unpaired) electrons. The number of aromatic nitrogens is 1. The van der Waals surface area contributed by atoms with Crippen LogP contribution >= 0.6 is 0 Å². The summed E-state index contributed by atoms with van der Waals surface area (Å²) in [6.45, 7) is 3.90. The molecule has 1 aliphatic heterocycles. The monoisotopic (exact) mass is 496 g/mol. The van der Waals surface area contributed by atoms with Crippen molar-refractivity contribution in [1.82, 2.24) is 4.57 Å². The van der Waals surface area contributed by atoms with Crippen LogP contribution < -0.4 is 14.4 Å². The van der Waals surface area contributed by atoms with E-state index in [1.807, 2.05) is 74.1 Å². The number of anilines is 1. The Hall–Kier alpha value is -4.52. The molecule has 1 atom stereocenters. The molecule has 0 bridgehead atoms. The molecule has 0 saturated carbocycles. The first kappa shape index (κ1) is 24.2. The van der Waals surface area contributed by atoms with Gasteiger partial charge in [0, 0.05) is 41.0 Å². The molecule has 1 fully saturated rings. The van der Waals surface area contributed by atoms with Crippen LogP contribution in [0.25, 0.3) is 16.7 Å². The maximum absolute atomic E-state index is 13.6. The van der Waals surface area contributed by atoms with Crippen molar-refractivity contribution in [3.63, 3.8) is 0 Å². The van der Waals surface area contributed by atoms with Crippen LogP contribution in [0.15, 0.2) is 72.4 Å². The molecular formula is C30H28N2O5. The van der Waals surface area contributed by atoms with Gasteiger partial charge in [0.1, 0.15) is 5.76 Å². The molecule has 0 aliphatic carbocycles. The molecule has 1 saturated heterocycles. The van der Waals surface area contributed by atoms with Crippen LogP contribution in [0.3, 0.4) is 0 Å². The number of para-hydroxylation sites is 1. The molecule has 188 valence electrons. The highest BCUT2D eigenvalue weighted by Gasteiger charge is 2.48. The summed E-state index contributed by atoms with van der Waals surface area (Å²) >= 11 is 0. The van der Waals surface area contributed by atoms with Crippen LogP contribution in [-0.2, 0) is 16.6 Å². The third-order valence-electron chi connectivity index (χ3n) is 6.81. The number of carbonyl (C=O) groups is 2. The number of amides is 1. The van der Waals surface area contributed by atoms with E-state index in [9.17, 15) is 14.7 Å². The fraction of sp³-hybridized carbons (Fsp3) is 0.200. The average molecular weight is 497 g/mol. The van der Waals surface area contributed by atoms with Gasteiger partial charge in [0.2, 0.25) is 0 Å². The molecule has 37 heavy (non-hydrogen) atoms. The lowest BCUT2D eigenvalue weighted by Gasteiger charge is -2.26. The van der Waals surface area contributed by atoms with E-state index < -0.39 is 17.7 Å². The van der Waals surface area contributed by atoms with Gasteiger partial charge in [-0.3, -0.25) is 14.5 Å². The Morgan fingerprint density at radius 2 is 1.57 bits per heavy atom. The SMILES string of the molecule is COc1ccc(/C(O)=C2\C(=O)C(=O)N(c3cc(C)cc(C)c3)C2c2cn(C)c3ccccc23)cc1OC. The Kier molecular flexibility index (Phi) is 5.99. The molecule has 3 aromatic carbocycles. The maximum Gasteiger partial charge on any atom is 0.300 e. The molecule has 7 heteroatoms. The molecule has 5 rings (SSSR count). The van der Waals surface area contributed by atoms with E-state index in [-0.39, 0.29) is 11.3 Å². The lowest BCUT2D eigenvalue weighted by Crippen LogP contribution is -2.29. The molecule has 0 spiro atoms. The maximum atomic E-state index is 13.6. The van der Waals surface area contributed by atoms with E-state index in [4.69, 9.17) is 9.47 Å². The third-order valence-corrected chi connectivity index (χ3v) is 6.81. The number of ether oxygens (including phenoxy) is 2. The molecule has 1 aromatic heterocycles. The van der Waals surface area contributed by atoms with Gasteiger partial charge in [-0.2, -0.15) is 0 Å². The first-order chi connectivity index (χ1) is 17.7. The fourth-order valence-corrected chi connectivity index (χ4v) is 5.21. The second-order valence-corrected chi connectivity index (χ2v) is 9.30. The fourth-order valence-electron chi connectivity index (χ4n) is 5.21. The van der Waals surface area contributed by atoms with Crippen LogP contribution in [0.5, 0.6) is 11.5 Å². The lowest BCUT2D eigenvalue weighted by atomic mass is 9.94. The minimum atomic E-state index is -0.833. The largest absolute Gasteiger partial charge is 0.507 e. The Morgan fingerprint density at radius 1 is 0.892 bits per heavy atom. The molecular weight excluding hydrogens is 468 g/mol. The minimum Gasteiger partial charge on any atom is -0.507 e. The summed E-state index contributed by atoms with van der Waals surface area (Å²) in [5, 5.41) is 12.4. The second-order valence-electron chi connectivity index (χ2n) is 9.30. The van der Waals surface area contributed by atoms with Crippen molar-refractivity contribution in [2.24, 2.45) is 7.05 Å². The van der Waals surface area contributed by atoms with Crippen molar-refractivity contribution in [1.29, 1.82) is 0 Å². The van der Waals surface area contributed by atoms with Gasteiger partial charge in [0.25, 0.3) is 11.7 Å². The van der Waals surface area contributed by atoms with Crippen molar-refractivity contribution >= 4 is 34.0 Å². The van der Waals surface area contributed by atoms with Crippen molar-refractivity contribution in [3.8, 4) is 11.5 Å². The van der Waals surface area contributed by atoms with Gasteiger partial charge in [-0.25, -0.2) is 0 Å². The number of hydrogen-bond donors (Lipinski definition) is 1. The highest BCUT2D eigenvalue weighted by Crippen LogP contribution is 2.45. The van der Waals surface area contributed by atoms with Crippen LogP contribution in [0, 0.1) is 13.8 Å². The molecule has 1 aliphatic rings. The smallest absolute Gasteiger partial charge is 0.300 e. The minimum absolute atomic E-state index is 0.0210. The molecule has 2 heterocycles. The molecule has 1 amide bonds. The van der Waals surface area contributed by atoms with Gasteiger partial charge in [-0.15, -0.1) is 0 Å². The number of rotatable bonds is 5. The standard InChI is InChI=1S/C30H28N2O5/c1-17-12-18(2)14-20(13-17)32-27(22-16-31(3)23-9-7-6-8-21(22)23)26(29(34)30(32)35)28(33)19-10-11-24(36-4)25(15-19)37-5/h6-16,27,33H,1-5H3/b28-26+. The molecule has 1 N–H and O–H groups in total. The summed E-state index contributed by atoms with van der Waals surface area (Å²) in [5.74, 6) is -0.824. The van der Waals surface area contributed by atoms with Crippen molar-refractivity contribution < 1.29 is 24.2 Å². The van der Waals surface area contributed by atoms with E-state index >= 15 is 0 Å². The van der Waals surface area contributed by atoms with Crippen LogP contribution in [-0.4, -0.2) is 35.6 Å². The first-order valence-corrected chi connectivity index (χ1v) is 11.9. The normalized spacial score (nSPS) is 17.0. The number of fused-ring (bicyclic) bond motifs is 1. The second kappa shape index (κ2) is 9.17. The lowest BCUT2D eigenvalue weighted by molar-refractivity contribution is -0.132. The Labute approximate surface area is 215 Å². The summed E-state index contributed by atoms with van der Waals surface area (Å²) in [6.07, 6.45) is 1.92. The summed E-state index contributed by atoms with van der Waals surface area (Å²) in [4.78, 5) is 28.7. The van der Waals surface area contributed by atoms with Gasteiger partial charge >= 0.3 is 0 Å². The van der Waals surface area contributed by atoms with E-state index in [1.54, 1.807) is 18.2 Å². The van der Waals surface area contributed by atoms with E-state index in [0.29, 0.717) is 22.7 Å². The number of nitrogens with zero attached hydrogens (tertiary/aromatic N) is 2. The van der Waals surface area contributed by atoms with Crippen molar-refractivity contribution in [2.45, 2.75) is 19.9 Å². The Bertz CT molecular complexity index is 1580. The number of benzene rings is 3. The number of aliphatic hydroxyl groups excluding tert-OH is 1. The highest BCUT2D eigenvalue weighted by atomic mass is 16.5. The van der Waals surface area contributed by atoms with Crippen molar-refractivity contribution in [3.05, 3.63) is 94.7 Å². The number of hydrogen-bond acceptors (Lipinski definition) is 5. The average Bonchev–Trinajstić information content (AvgIpc) is 3.35. The van der Waals surface area contributed by atoms with Gasteiger partial charge < -0.3 is 19.1 Å². The highest BCUT2D eigenvalue weighted by molar-refractivity contribution is 6.52. The zero-order valence-corrected chi connectivity index (χ0v) is 21.4. The summed E-state index contributed by atoms with van der Waals surface area (Å²) < 4.78 is 12.7. The van der Waals surface area contributed by atoms with Gasteiger partial charge in [0.15, 0.2) is 11.5 Å². The predicted octanol–water partition coefficient (Wildman–Crippen LogP) is 5.44. The van der Waals surface area contributed by atoms with Gasteiger partial charge in [-0.1, -0.05) is 24.3 Å². The van der Waals surface area contributed by atoms with E-state index in [2.05, 4.69) is 0 Å². The predicted molar refractivity (Wildman–Crippen MR) is 143 cm³/mol. The van der Waals surface area contributed by atoms with Crippen LogP contribution in [0.1, 0.15) is 28.3 Å². The van der Waals surface area contributed by atoms with Gasteiger partial charge in [0.05, 0.1) is 25.8 Å². The summed E-state index contributed by atoms with van der Waals surface area (Å²) in [6, 6.07) is 17.6. The number of aryl methyl sites for hydroxylation is 3. The summed E-state index contributed by atoms with van der Waals surface area (Å²) in [5.41, 5.74) is 4.60. The molecule has 1 unspecified atom stereocenters. The number of aliphatic hydroxyl groups is 1. The third kappa shape index (κ3) is 3.93. The number of Topliss-reactive ketones (excluding diaryl/α,β-unsaturated/α-hetero) is 1. The molecule has 7 nitrogen and oxygen atoms in total. The Balaban J connectivity index is 1.81. The quantitative estimate of drug-likeness (QED) is 0.226. The van der Waals surface area contributed by atoms with Gasteiger partial charge in [-0.05, 0) is 61.4 Å².